The van der Waals surface area contributed by atoms with Crippen LogP contribution < -0.4 is 0 Å². The van der Waals surface area contributed by atoms with E-state index in [1.54, 1.807) is 12.2 Å². The molecule has 62 valence electrons. The van der Waals surface area contributed by atoms with Gasteiger partial charge in [-0.25, -0.2) is 0 Å². The first kappa shape index (κ1) is 10.4. The Labute approximate surface area is 74.6 Å². The maximum atomic E-state index is 3.46. The van der Waals surface area contributed by atoms with Crippen LogP contribution in [0.3, 0.4) is 0 Å². The number of rotatable bonds is 2. The Balaban J connectivity index is 0.000000202. The predicted octanol–water partition coefficient (Wildman–Crippen LogP) is 3.60. The third-order valence-electron chi connectivity index (χ3n) is 1.05. The molecule has 0 atom stereocenters. The minimum absolute atomic E-state index is 1.71. The largest absolute Gasteiger partial charge is 0.0991 e. The highest BCUT2D eigenvalue weighted by atomic mass is 13.6. The lowest BCUT2D eigenvalue weighted by molar-refractivity contribution is 1.72. The van der Waals surface area contributed by atoms with Crippen molar-refractivity contribution in [1.29, 1.82) is 0 Å². The summed E-state index contributed by atoms with van der Waals surface area (Å²) in [5.74, 6) is 0. The van der Waals surface area contributed by atoms with Crippen molar-refractivity contribution in [3.8, 4) is 0 Å². The van der Waals surface area contributed by atoms with Crippen LogP contribution in [0.4, 0.5) is 0 Å². The molecule has 1 aromatic carbocycles. The normalized spacial score (nSPS) is 8.33. The summed E-state index contributed by atoms with van der Waals surface area (Å²) in [5.41, 5.74) is 0. The SMILES string of the molecule is C=C/C=C\C=C.c1ccccc1. The van der Waals surface area contributed by atoms with E-state index in [1.165, 1.54) is 0 Å². The third-order valence-corrected chi connectivity index (χ3v) is 1.05. The van der Waals surface area contributed by atoms with Crippen molar-refractivity contribution in [2.75, 3.05) is 0 Å². The summed E-state index contributed by atoms with van der Waals surface area (Å²) >= 11 is 0. The first-order valence-corrected chi connectivity index (χ1v) is 3.82. The molecule has 0 aliphatic rings. The molecule has 0 fully saturated rings. The average Bonchev–Trinajstić information content (AvgIpc) is 2.18. The molecule has 0 N–H and O–H groups in total. The lowest BCUT2D eigenvalue weighted by Gasteiger charge is -1.69. The van der Waals surface area contributed by atoms with Crippen molar-refractivity contribution < 1.29 is 0 Å². The van der Waals surface area contributed by atoms with Gasteiger partial charge in [0.2, 0.25) is 0 Å². The molecule has 0 bridgehead atoms. The maximum Gasteiger partial charge on any atom is -0.0623 e. The fourth-order valence-electron chi connectivity index (χ4n) is 0.542. The van der Waals surface area contributed by atoms with Gasteiger partial charge in [-0.2, -0.15) is 0 Å². The highest BCUT2D eigenvalue weighted by Gasteiger charge is 1.57. The van der Waals surface area contributed by atoms with Crippen LogP contribution in [0.15, 0.2) is 73.9 Å². The van der Waals surface area contributed by atoms with Gasteiger partial charge in [-0.05, 0) is 0 Å². The molecule has 0 unspecified atom stereocenters. The van der Waals surface area contributed by atoms with Crippen LogP contribution in [0, 0.1) is 0 Å². The van der Waals surface area contributed by atoms with Gasteiger partial charge in [-0.1, -0.05) is 73.9 Å². The van der Waals surface area contributed by atoms with Crippen molar-refractivity contribution in [3.63, 3.8) is 0 Å². The van der Waals surface area contributed by atoms with Crippen LogP contribution in [0.1, 0.15) is 0 Å². The lowest BCUT2D eigenvalue weighted by atomic mass is 10.4. The Hall–Kier alpha value is -1.56. The summed E-state index contributed by atoms with van der Waals surface area (Å²) in [5, 5.41) is 0. The van der Waals surface area contributed by atoms with Crippen molar-refractivity contribution in [1.82, 2.24) is 0 Å². The number of allylic oxidation sites excluding steroid dienone is 4. The fraction of sp³-hybridized carbons (Fsp3) is 0. The van der Waals surface area contributed by atoms with Gasteiger partial charge in [-0.15, -0.1) is 0 Å². The molecular formula is C12H14. The lowest BCUT2D eigenvalue weighted by Crippen LogP contribution is -1.47. The average molecular weight is 158 g/mol. The van der Waals surface area contributed by atoms with Gasteiger partial charge >= 0.3 is 0 Å². The van der Waals surface area contributed by atoms with E-state index >= 15 is 0 Å². The monoisotopic (exact) mass is 158 g/mol. The van der Waals surface area contributed by atoms with Crippen LogP contribution in [-0.4, -0.2) is 0 Å². The van der Waals surface area contributed by atoms with E-state index in [0.29, 0.717) is 0 Å². The number of benzene rings is 1. The van der Waals surface area contributed by atoms with Gasteiger partial charge in [0.05, 0.1) is 0 Å². The van der Waals surface area contributed by atoms with Crippen molar-refractivity contribution in [2.45, 2.75) is 0 Å². The van der Waals surface area contributed by atoms with Crippen molar-refractivity contribution in [3.05, 3.63) is 73.9 Å². The van der Waals surface area contributed by atoms with Crippen molar-refractivity contribution >= 4 is 0 Å². The first-order valence-electron chi connectivity index (χ1n) is 3.82. The summed E-state index contributed by atoms with van der Waals surface area (Å²) in [7, 11) is 0. The van der Waals surface area contributed by atoms with E-state index in [-0.39, 0.29) is 0 Å². The summed E-state index contributed by atoms with van der Waals surface area (Å²) in [6.45, 7) is 6.93. The smallest absolute Gasteiger partial charge is 0.0623 e. The molecule has 0 saturated heterocycles. The van der Waals surface area contributed by atoms with Crippen LogP contribution in [0.2, 0.25) is 0 Å². The summed E-state index contributed by atoms with van der Waals surface area (Å²) in [6, 6.07) is 12.0. The van der Waals surface area contributed by atoms with Crippen LogP contribution in [0.25, 0.3) is 0 Å². The summed E-state index contributed by atoms with van der Waals surface area (Å²) in [6.07, 6.45) is 7.07. The fourth-order valence-corrected chi connectivity index (χ4v) is 0.542. The van der Waals surface area contributed by atoms with Crippen LogP contribution in [0.5, 0.6) is 0 Å². The third kappa shape index (κ3) is 8.44. The van der Waals surface area contributed by atoms with E-state index in [2.05, 4.69) is 13.2 Å². The second-order valence-corrected chi connectivity index (χ2v) is 2.01. The zero-order valence-corrected chi connectivity index (χ0v) is 7.19. The van der Waals surface area contributed by atoms with E-state index in [1.807, 2.05) is 48.6 Å². The molecule has 0 aliphatic heterocycles. The zero-order valence-electron chi connectivity index (χ0n) is 7.19. The Kier molecular flexibility index (Phi) is 8.21. The Morgan fingerprint density at radius 3 is 1.00 bits per heavy atom. The number of hydrogen-bond acceptors (Lipinski definition) is 0. The number of hydrogen-bond donors (Lipinski definition) is 0. The second kappa shape index (κ2) is 9.44. The molecule has 0 heteroatoms. The van der Waals surface area contributed by atoms with E-state index < -0.39 is 0 Å². The van der Waals surface area contributed by atoms with Gasteiger partial charge in [-0.3, -0.25) is 0 Å². The molecule has 0 radical (unpaired) electrons. The Morgan fingerprint density at radius 1 is 0.583 bits per heavy atom. The van der Waals surface area contributed by atoms with Gasteiger partial charge in [0.1, 0.15) is 0 Å². The van der Waals surface area contributed by atoms with Crippen LogP contribution in [-0.2, 0) is 0 Å². The molecule has 0 nitrogen and oxygen atoms in total. The topological polar surface area (TPSA) is 0 Å². The highest BCUT2D eigenvalue weighted by Crippen LogP contribution is 1.79. The Morgan fingerprint density at radius 2 is 0.833 bits per heavy atom. The van der Waals surface area contributed by atoms with Gasteiger partial charge < -0.3 is 0 Å². The molecule has 1 rings (SSSR count). The van der Waals surface area contributed by atoms with E-state index in [4.69, 9.17) is 0 Å². The summed E-state index contributed by atoms with van der Waals surface area (Å²) < 4.78 is 0. The molecular weight excluding hydrogens is 144 g/mol. The molecule has 0 heterocycles. The van der Waals surface area contributed by atoms with Gasteiger partial charge in [0, 0.05) is 0 Å². The first-order chi connectivity index (χ1) is 5.91. The highest BCUT2D eigenvalue weighted by molar-refractivity contribution is 5.05. The minimum atomic E-state index is 1.71. The molecule has 12 heavy (non-hydrogen) atoms. The molecule has 0 saturated carbocycles. The molecule has 1 aromatic rings. The standard InChI is InChI=1S/C6H6.C6H8/c1-2-4-6-5-3-1;1-3-5-6-4-2/h1-6H;3-6H,1-2H2/b;6-5-. The van der Waals surface area contributed by atoms with Crippen molar-refractivity contribution in [2.24, 2.45) is 0 Å². The van der Waals surface area contributed by atoms with E-state index in [9.17, 15) is 0 Å². The summed E-state index contributed by atoms with van der Waals surface area (Å²) in [4.78, 5) is 0. The van der Waals surface area contributed by atoms with Gasteiger partial charge in [0.15, 0.2) is 0 Å². The quantitative estimate of drug-likeness (QED) is 0.577. The maximum absolute atomic E-state index is 3.46. The minimum Gasteiger partial charge on any atom is -0.0991 e. The molecule has 0 aromatic heterocycles. The molecule has 0 aliphatic carbocycles. The molecule has 0 amide bonds. The molecule has 0 spiro atoms. The van der Waals surface area contributed by atoms with E-state index in [0.717, 1.165) is 0 Å². The predicted molar refractivity (Wildman–Crippen MR) is 56.0 cm³/mol. The zero-order chi connectivity index (χ0) is 9.07. The van der Waals surface area contributed by atoms with Crippen LogP contribution >= 0.6 is 0 Å². The second-order valence-electron chi connectivity index (χ2n) is 2.01. The Bertz CT molecular complexity index is 182. The van der Waals surface area contributed by atoms with Gasteiger partial charge in [0.25, 0.3) is 0 Å².